The third-order valence-electron chi connectivity index (χ3n) is 1.02. The minimum absolute atomic E-state index is 0. The van der Waals surface area contributed by atoms with Crippen LogP contribution in [0.3, 0.4) is 0 Å². The van der Waals surface area contributed by atoms with E-state index >= 15 is 0 Å². The number of hydrogen-bond donors (Lipinski definition) is 1. The summed E-state index contributed by atoms with van der Waals surface area (Å²) in [4.78, 5) is 10.7. The molecule has 0 fully saturated rings. The Kier molecular flexibility index (Phi) is 63.6. The first-order chi connectivity index (χ1) is 7.72. The summed E-state index contributed by atoms with van der Waals surface area (Å²) in [5.74, 6) is -0.817. The lowest BCUT2D eigenvalue weighted by Gasteiger charge is -2.05. The Morgan fingerprint density at radius 3 is 1.82 bits per heavy atom. The Balaban J connectivity index is -0.0000000594. The van der Waals surface area contributed by atoms with E-state index < -0.39 is 5.92 Å². The Bertz CT molecular complexity index is 151. The molecule has 0 aromatic carbocycles. The Hall–Kier alpha value is -1.61. The van der Waals surface area contributed by atoms with Gasteiger partial charge in [0, 0.05) is 0 Å². The van der Waals surface area contributed by atoms with E-state index in [0.29, 0.717) is 0 Å². The van der Waals surface area contributed by atoms with Crippen LogP contribution in [0.4, 0.5) is 0 Å². The first-order valence-electron chi connectivity index (χ1n) is 4.60. The summed E-state index contributed by atoms with van der Waals surface area (Å²) in [7, 11) is 0. The van der Waals surface area contributed by atoms with Gasteiger partial charge < -0.3 is 9.84 Å². The van der Waals surface area contributed by atoms with Crippen molar-refractivity contribution in [1.82, 2.24) is 0 Å². The average molecular weight is 244 g/mol. The minimum Gasteiger partial charge on any atom is -0.461 e. The molecular formula is C14H28O3. The van der Waals surface area contributed by atoms with Gasteiger partial charge in [0.1, 0.15) is 6.61 Å². The van der Waals surface area contributed by atoms with Crippen LogP contribution in [-0.2, 0) is 9.53 Å². The highest BCUT2D eigenvalue weighted by Crippen LogP contribution is 1.95. The molecule has 0 rings (SSSR count). The standard InChI is InChI=1S/C7H12O3.3C2H4.CH4/c1-3-4-10-7(9)6(2)5-8;3*1-2;/h3,6,8H,1,4-5H2,2H3;3*1-2H2;1H4/t6-;;;;/m1..../s1. The van der Waals surface area contributed by atoms with E-state index in [1.54, 1.807) is 6.92 Å². The second-order valence-electron chi connectivity index (χ2n) is 2.00. The molecule has 0 saturated carbocycles. The predicted molar refractivity (Wildman–Crippen MR) is 77.9 cm³/mol. The van der Waals surface area contributed by atoms with Gasteiger partial charge in [-0.2, -0.15) is 0 Å². The van der Waals surface area contributed by atoms with E-state index in [4.69, 9.17) is 5.11 Å². The molecule has 0 aromatic rings. The van der Waals surface area contributed by atoms with Crippen LogP contribution in [0.15, 0.2) is 52.1 Å². The zero-order valence-electron chi connectivity index (χ0n) is 10.3. The van der Waals surface area contributed by atoms with Gasteiger partial charge >= 0.3 is 5.97 Å². The number of ether oxygens (including phenoxy) is 1. The molecule has 0 radical (unpaired) electrons. The number of aliphatic hydroxyl groups excluding tert-OH is 1. The molecule has 0 spiro atoms. The fraction of sp³-hybridized carbons (Fsp3) is 0.357. The van der Waals surface area contributed by atoms with Gasteiger partial charge in [-0.25, -0.2) is 0 Å². The number of hydrogen-bond acceptors (Lipinski definition) is 3. The van der Waals surface area contributed by atoms with E-state index in [-0.39, 0.29) is 26.6 Å². The van der Waals surface area contributed by atoms with Crippen LogP contribution in [-0.4, -0.2) is 24.3 Å². The minimum atomic E-state index is -0.431. The van der Waals surface area contributed by atoms with Gasteiger partial charge in [-0.1, -0.05) is 20.1 Å². The summed E-state index contributed by atoms with van der Waals surface area (Å²) in [5.41, 5.74) is 0. The highest BCUT2D eigenvalue weighted by Gasteiger charge is 2.11. The van der Waals surface area contributed by atoms with E-state index in [9.17, 15) is 4.79 Å². The van der Waals surface area contributed by atoms with Crippen molar-refractivity contribution in [1.29, 1.82) is 0 Å². The lowest BCUT2D eigenvalue weighted by atomic mass is 10.2. The number of carbonyl (C=O) groups is 1. The van der Waals surface area contributed by atoms with Crippen LogP contribution in [0.25, 0.3) is 0 Å². The molecule has 0 bridgehead atoms. The third kappa shape index (κ3) is 31.4. The number of esters is 1. The first-order valence-corrected chi connectivity index (χ1v) is 4.60. The van der Waals surface area contributed by atoms with Crippen LogP contribution >= 0.6 is 0 Å². The zero-order chi connectivity index (χ0) is 14.0. The molecule has 0 aliphatic rings. The second kappa shape index (κ2) is 36.7. The molecule has 0 saturated heterocycles. The van der Waals surface area contributed by atoms with Crippen LogP contribution in [0.5, 0.6) is 0 Å². The maximum atomic E-state index is 10.7. The van der Waals surface area contributed by atoms with Gasteiger partial charge in [0.05, 0.1) is 12.5 Å². The van der Waals surface area contributed by atoms with E-state index in [0.717, 1.165) is 0 Å². The van der Waals surface area contributed by atoms with E-state index in [1.807, 2.05) is 0 Å². The van der Waals surface area contributed by atoms with Gasteiger partial charge in [-0.3, -0.25) is 4.79 Å². The van der Waals surface area contributed by atoms with Crippen LogP contribution < -0.4 is 0 Å². The molecule has 102 valence electrons. The van der Waals surface area contributed by atoms with E-state index in [2.05, 4.69) is 50.8 Å². The average Bonchev–Trinajstić information content (AvgIpc) is 2.41. The van der Waals surface area contributed by atoms with Gasteiger partial charge in [0.15, 0.2) is 0 Å². The summed E-state index contributed by atoms with van der Waals surface area (Å²) < 4.78 is 4.63. The molecule has 1 atom stereocenters. The summed E-state index contributed by atoms with van der Waals surface area (Å²) in [6, 6.07) is 0. The molecular weight excluding hydrogens is 216 g/mol. The molecule has 0 aliphatic heterocycles. The quantitative estimate of drug-likeness (QED) is 0.609. The smallest absolute Gasteiger partial charge is 0.311 e. The normalized spacial score (nSPS) is 7.88. The largest absolute Gasteiger partial charge is 0.461 e. The second-order valence-corrected chi connectivity index (χ2v) is 2.00. The van der Waals surface area contributed by atoms with Gasteiger partial charge in [-0.15, -0.1) is 39.5 Å². The summed E-state index contributed by atoms with van der Waals surface area (Å²) in [6.07, 6.45) is 1.49. The van der Waals surface area contributed by atoms with E-state index in [1.165, 1.54) is 6.08 Å². The summed E-state index contributed by atoms with van der Waals surface area (Å²) >= 11 is 0. The van der Waals surface area contributed by atoms with Crippen molar-refractivity contribution in [2.45, 2.75) is 14.4 Å². The molecule has 3 heteroatoms. The Labute approximate surface area is 107 Å². The van der Waals surface area contributed by atoms with Crippen molar-refractivity contribution >= 4 is 5.97 Å². The molecule has 0 amide bonds. The molecule has 0 aromatic heterocycles. The van der Waals surface area contributed by atoms with Crippen LogP contribution in [0.1, 0.15) is 14.4 Å². The molecule has 0 heterocycles. The van der Waals surface area contributed by atoms with Crippen molar-refractivity contribution in [3.63, 3.8) is 0 Å². The first kappa shape index (κ1) is 29.5. The van der Waals surface area contributed by atoms with Gasteiger partial charge in [0.2, 0.25) is 0 Å². The van der Waals surface area contributed by atoms with Crippen molar-refractivity contribution in [3.8, 4) is 0 Å². The van der Waals surface area contributed by atoms with Crippen molar-refractivity contribution in [3.05, 3.63) is 52.1 Å². The van der Waals surface area contributed by atoms with Crippen molar-refractivity contribution < 1.29 is 14.6 Å². The lowest BCUT2D eigenvalue weighted by molar-refractivity contribution is -0.147. The van der Waals surface area contributed by atoms with Crippen molar-refractivity contribution in [2.75, 3.05) is 13.2 Å². The molecule has 3 nitrogen and oxygen atoms in total. The predicted octanol–water partition coefficient (Wildman–Crippen LogP) is 3.39. The van der Waals surface area contributed by atoms with Crippen molar-refractivity contribution in [2.24, 2.45) is 5.92 Å². The zero-order valence-corrected chi connectivity index (χ0v) is 10.3. The molecule has 0 unspecified atom stereocenters. The Morgan fingerprint density at radius 1 is 1.24 bits per heavy atom. The van der Waals surface area contributed by atoms with Gasteiger partial charge in [-0.05, 0) is 6.92 Å². The lowest BCUT2D eigenvalue weighted by Crippen LogP contribution is -2.17. The SMILES string of the molecule is C.C=C.C=C.C=C.C=CCOC(=O)[C@H](C)CO. The Morgan fingerprint density at radius 2 is 1.59 bits per heavy atom. The fourth-order valence-electron chi connectivity index (χ4n) is 0.358. The van der Waals surface area contributed by atoms with Crippen LogP contribution in [0.2, 0.25) is 0 Å². The van der Waals surface area contributed by atoms with Gasteiger partial charge in [0.25, 0.3) is 0 Å². The molecule has 17 heavy (non-hydrogen) atoms. The summed E-state index contributed by atoms with van der Waals surface area (Å²) in [5, 5.41) is 8.48. The maximum absolute atomic E-state index is 10.7. The fourth-order valence-corrected chi connectivity index (χ4v) is 0.358. The summed E-state index contributed by atoms with van der Waals surface area (Å²) in [6.45, 7) is 23.0. The monoisotopic (exact) mass is 244 g/mol. The third-order valence-corrected chi connectivity index (χ3v) is 1.02. The maximum Gasteiger partial charge on any atom is 0.311 e. The number of aliphatic hydroxyl groups is 1. The number of rotatable bonds is 4. The topological polar surface area (TPSA) is 46.5 Å². The molecule has 1 N–H and O–H groups in total. The number of carbonyl (C=O) groups excluding carboxylic acids is 1. The van der Waals surface area contributed by atoms with Crippen LogP contribution in [0, 0.1) is 5.92 Å². The highest BCUT2D eigenvalue weighted by molar-refractivity contribution is 5.72. The highest BCUT2D eigenvalue weighted by atomic mass is 16.5. The molecule has 0 aliphatic carbocycles.